The predicted molar refractivity (Wildman–Crippen MR) is 61.9 cm³/mol. The Morgan fingerprint density at radius 2 is 2.38 bits per heavy atom. The van der Waals surface area contributed by atoms with Gasteiger partial charge in [-0.2, -0.15) is 0 Å². The van der Waals surface area contributed by atoms with E-state index < -0.39 is 0 Å². The van der Waals surface area contributed by atoms with Crippen LogP contribution in [0.5, 0.6) is 0 Å². The maximum Gasteiger partial charge on any atom is 0.226 e. The van der Waals surface area contributed by atoms with Crippen LogP contribution in [-0.2, 0) is 11.2 Å². The Bertz CT molecular complexity index is 314. The van der Waals surface area contributed by atoms with Gasteiger partial charge in [0.15, 0.2) is 0 Å². The van der Waals surface area contributed by atoms with E-state index in [-0.39, 0.29) is 18.6 Å². The number of hydrogen-bond donors (Lipinski definition) is 2. The largest absolute Gasteiger partial charge is 0.396 e. The highest BCUT2D eigenvalue weighted by Gasteiger charge is 2.07. The first-order valence-corrected chi connectivity index (χ1v) is 5.52. The molecule has 0 saturated carbocycles. The van der Waals surface area contributed by atoms with Gasteiger partial charge in [0.2, 0.25) is 5.91 Å². The van der Waals surface area contributed by atoms with Crippen LogP contribution in [0.4, 0.5) is 0 Å². The highest BCUT2D eigenvalue weighted by Crippen LogP contribution is 1.98. The normalized spacial score (nSPS) is 12.1. The molecule has 0 spiro atoms. The van der Waals surface area contributed by atoms with Gasteiger partial charge in [-0.15, -0.1) is 0 Å². The Labute approximate surface area is 95.7 Å². The fourth-order valence-electron chi connectivity index (χ4n) is 1.46. The molecule has 1 atom stereocenters. The first kappa shape index (κ1) is 12.6. The second-order valence-corrected chi connectivity index (χ2v) is 3.83. The van der Waals surface area contributed by atoms with Crippen molar-refractivity contribution in [3.8, 4) is 0 Å². The van der Waals surface area contributed by atoms with Crippen LogP contribution in [0.2, 0.25) is 0 Å². The quantitative estimate of drug-likeness (QED) is 0.751. The first-order chi connectivity index (χ1) is 7.72. The summed E-state index contributed by atoms with van der Waals surface area (Å²) >= 11 is 0. The van der Waals surface area contributed by atoms with Gasteiger partial charge in [0.25, 0.3) is 0 Å². The average molecular weight is 222 g/mol. The monoisotopic (exact) mass is 222 g/mol. The van der Waals surface area contributed by atoms with Crippen molar-refractivity contribution in [2.24, 2.45) is 0 Å². The van der Waals surface area contributed by atoms with Crippen molar-refractivity contribution < 1.29 is 9.90 Å². The minimum atomic E-state index is -0.0239. The number of carbonyl (C=O) groups excluding carboxylic acids is 1. The van der Waals surface area contributed by atoms with Gasteiger partial charge in [0.05, 0.1) is 6.42 Å². The third kappa shape index (κ3) is 4.89. The minimum Gasteiger partial charge on any atom is -0.396 e. The molecule has 1 heterocycles. The van der Waals surface area contributed by atoms with E-state index in [4.69, 9.17) is 5.11 Å². The summed E-state index contributed by atoms with van der Waals surface area (Å²) in [7, 11) is 0. The van der Waals surface area contributed by atoms with Gasteiger partial charge in [-0.25, -0.2) is 0 Å². The Morgan fingerprint density at radius 1 is 1.56 bits per heavy atom. The van der Waals surface area contributed by atoms with E-state index in [0.717, 1.165) is 12.1 Å². The Morgan fingerprint density at radius 3 is 3.00 bits per heavy atom. The van der Waals surface area contributed by atoms with Crippen LogP contribution in [-0.4, -0.2) is 28.6 Å². The van der Waals surface area contributed by atoms with E-state index in [0.29, 0.717) is 12.8 Å². The van der Waals surface area contributed by atoms with E-state index in [1.165, 1.54) is 0 Å². The lowest BCUT2D eigenvalue weighted by Crippen LogP contribution is -2.33. The van der Waals surface area contributed by atoms with Gasteiger partial charge < -0.3 is 10.4 Å². The maximum atomic E-state index is 11.6. The minimum absolute atomic E-state index is 0.0239. The van der Waals surface area contributed by atoms with E-state index in [2.05, 4.69) is 10.3 Å². The number of aliphatic hydroxyl groups excluding tert-OH is 1. The lowest BCUT2D eigenvalue weighted by molar-refractivity contribution is -0.121. The molecule has 1 amide bonds. The number of carbonyl (C=O) groups is 1. The molecule has 1 aromatic rings. The highest BCUT2D eigenvalue weighted by molar-refractivity contribution is 5.78. The summed E-state index contributed by atoms with van der Waals surface area (Å²) in [5.74, 6) is -0.0239. The van der Waals surface area contributed by atoms with E-state index >= 15 is 0 Å². The predicted octanol–water partition coefficient (Wildman–Crippen LogP) is 0.901. The van der Waals surface area contributed by atoms with Crippen LogP contribution in [0.3, 0.4) is 0 Å². The average Bonchev–Trinajstić information content (AvgIpc) is 2.27. The number of nitrogens with zero attached hydrogens (tertiary/aromatic N) is 1. The van der Waals surface area contributed by atoms with Gasteiger partial charge in [0.1, 0.15) is 0 Å². The van der Waals surface area contributed by atoms with Crippen LogP contribution in [0, 0.1) is 0 Å². The molecule has 0 saturated heterocycles. The molecule has 0 aliphatic carbocycles. The summed E-state index contributed by atoms with van der Waals surface area (Å²) in [4.78, 5) is 15.7. The standard InChI is InChI=1S/C12H18N2O2/c1-10(5-4-8-15)14-12(16)9-11-6-2-3-7-13-11/h2-3,6-7,10,15H,4-5,8-9H2,1H3,(H,14,16). The summed E-state index contributed by atoms with van der Waals surface area (Å²) in [5, 5.41) is 11.5. The SMILES string of the molecule is CC(CCCO)NC(=O)Cc1ccccn1. The molecule has 0 bridgehead atoms. The summed E-state index contributed by atoms with van der Waals surface area (Å²) in [6.07, 6.45) is 3.50. The molecule has 88 valence electrons. The Balaban J connectivity index is 2.31. The lowest BCUT2D eigenvalue weighted by atomic mass is 10.2. The van der Waals surface area contributed by atoms with Crippen molar-refractivity contribution in [3.05, 3.63) is 30.1 Å². The third-order valence-electron chi connectivity index (χ3n) is 2.27. The molecule has 0 radical (unpaired) electrons. The van der Waals surface area contributed by atoms with Crippen molar-refractivity contribution in [2.75, 3.05) is 6.61 Å². The summed E-state index contributed by atoms with van der Waals surface area (Å²) in [5.41, 5.74) is 0.773. The van der Waals surface area contributed by atoms with Gasteiger partial charge in [0, 0.05) is 24.5 Å². The number of pyridine rings is 1. The summed E-state index contributed by atoms with van der Waals surface area (Å²) in [6, 6.07) is 5.62. The molecule has 1 rings (SSSR count). The van der Waals surface area contributed by atoms with Crippen LogP contribution in [0.15, 0.2) is 24.4 Å². The molecule has 1 aromatic heterocycles. The third-order valence-corrected chi connectivity index (χ3v) is 2.27. The molecule has 4 nitrogen and oxygen atoms in total. The molecule has 0 aliphatic heterocycles. The number of aromatic nitrogens is 1. The van der Waals surface area contributed by atoms with Crippen molar-refractivity contribution in [2.45, 2.75) is 32.2 Å². The number of nitrogens with one attached hydrogen (secondary N) is 1. The zero-order valence-corrected chi connectivity index (χ0v) is 9.52. The number of rotatable bonds is 6. The highest BCUT2D eigenvalue weighted by atomic mass is 16.2. The van der Waals surface area contributed by atoms with Gasteiger partial charge in [-0.1, -0.05) is 6.07 Å². The van der Waals surface area contributed by atoms with Crippen LogP contribution in [0.25, 0.3) is 0 Å². The van der Waals surface area contributed by atoms with Crippen LogP contribution < -0.4 is 5.32 Å². The molecule has 0 aromatic carbocycles. The molecule has 1 unspecified atom stereocenters. The Hall–Kier alpha value is -1.42. The lowest BCUT2D eigenvalue weighted by Gasteiger charge is -2.12. The number of aliphatic hydroxyl groups is 1. The second kappa shape index (κ2) is 6.95. The van der Waals surface area contributed by atoms with E-state index in [1.807, 2.05) is 25.1 Å². The second-order valence-electron chi connectivity index (χ2n) is 3.83. The molecular formula is C12H18N2O2. The van der Waals surface area contributed by atoms with Gasteiger partial charge in [-0.05, 0) is 31.9 Å². The van der Waals surface area contributed by atoms with Crippen molar-refractivity contribution in [3.63, 3.8) is 0 Å². The molecule has 16 heavy (non-hydrogen) atoms. The zero-order valence-electron chi connectivity index (χ0n) is 9.52. The fourth-order valence-corrected chi connectivity index (χ4v) is 1.46. The van der Waals surface area contributed by atoms with E-state index in [9.17, 15) is 4.79 Å². The summed E-state index contributed by atoms with van der Waals surface area (Å²) < 4.78 is 0. The van der Waals surface area contributed by atoms with Crippen molar-refractivity contribution >= 4 is 5.91 Å². The smallest absolute Gasteiger partial charge is 0.226 e. The van der Waals surface area contributed by atoms with Crippen LogP contribution in [0.1, 0.15) is 25.5 Å². The fraction of sp³-hybridized carbons (Fsp3) is 0.500. The van der Waals surface area contributed by atoms with Crippen molar-refractivity contribution in [1.29, 1.82) is 0 Å². The van der Waals surface area contributed by atoms with Gasteiger partial charge >= 0.3 is 0 Å². The van der Waals surface area contributed by atoms with Gasteiger partial charge in [-0.3, -0.25) is 9.78 Å². The molecular weight excluding hydrogens is 204 g/mol. The van der Waals surface area contributed by atoms with Crippen LogP contribution >= 0.6 is 0 Å². The van der Waals surface area contributed by atoms with Crippen molar-refractivity contribution in [1.82, 2.24) is 10.3 Å². The number of hydrogen-bond acceptors (Lipinski definition) is 3. The molecule has 0 fully saturated rings. The van der Waals surface area contributed by atoms with E-state index in [1.54, 1.807) is 6.20 Å². The number of amides is 1. The zero-order chi connectivity index (χ0) is 11.8. The Kier molecular flexibility index (Phi) is 5.50. The molecule has 4 heteroatoms. The molecule has 0 aliphatic rings. The molecule has 2 N–H and O–H groups in total. The summed E-state index contributed by atoms with van der Waals surface area (Å²) in [6.45, 7) is 2.10. The first-order valence-electron chi connectivity index (χ1n) is 5.52. The maximum absolute atomic E-state index is 11.6. The topological polar surface area (TPSA) is 62.2 Å².